The smallest absolute Gasteiger partial charge is 0.239 e. The van der Waals surface area contributed by atoms with E-state index in [0.29, 0.717) is 23.8 Å². The molecule has 1 unspecified atom stereocenters. The van der Waals surface area contributed by atoms with Crippen molar-refractivity contribution in [3.63, 3.8) is 0 Å². The lowest BCUT2D eigenvalue weighted by Crippen LogP contribution is -2.47. The Morgan fingerprint density at radius 3 is 2.82 bits per heavy atom. The summed E-state index contributed by atoms with van der Waals surface area (Å²) in [6.07, 6.45) is 0.117. The predicted molar refractivity (Wildman–Crippen MR) is 111 cm³/mol. The standard InChI is InChI=1S/C19H21ClN4O3S/c1-12(25)22-15(17-3-2-8-28-17)10-18(26)23-13-4-5-16(14(20)9-13)24-7-6-21-19(27)11-24/h2-5,8-9,15H,6-7,10-11H2,1H3,(H,21,27)(H,22,25)(H,23,26). The molecule has 1 aliphatic heterocycles. The van der Waals surface area contributed by atoms with E-state index in [1.807, 2.05) is 22.4 Å². The maximum atomic E-state index is 12.5. The van der Waals surface area contributed by atoms with Gasteiger partial charge in [-0.25, -0.2) is 0 Å². The number of thiophene rings is 1. The lowest BCUT2D eigenvalue weighted by Gasteiger charge is -2.29. The number of hydrogen-bond donors (Lipinski definition) is 3. The van der Waals surface area contributed by atoms with E-state index in [4.69, 9.17) is 11.6 Å². The summed E-state index contributed by atoms with van der Waals surface area (Å²) in [6, 6.07) is 8.61. The lowest BCUT2D eigenvalue weighted by molar-refractivity contribution is -0.121. The Balaban J connectivity index is 1.65. The second-order valence-electron chi connectivity index (χ2n) is 6.46. The molecule has 3 amide bonds. The van der Waals surface area contributed by atoms with Gasteiger partial charge in [-0.1, -0.05) is 17.7 Å². The molecular formula is C19H21ClN4O3S. The van der Waals surface area contributed by atoms with E-state index < -0.39 is 0 Å². The third-order valence-corrected chi connectivity index (χ3v) is 5.55. The molecule has 0 bridgehead atoms. The van der Waals surface area contributed by atoms with E-state index in [9.17, 15) is 14.4 Å². The zero-order chi connectivity index (χ0) is 20.1. The molecule has 148 valence electrons. The van der Waals surface area contributed by atoms with Crippen LogP contribution in [0, 0.1) is 0 Å². The van der Waals surface area contributed by atoms with Crippen molar-refractivity contribution in [3.05, 3.63) is 45.6 Å². The van der Waals surface area contributed by atoms with Crippen LogP contribution in [0.2, 0.25) is 5.02 Å². The Hall–Kier alpha value is -2.58. The number of carbonyl (C=O) groups excluding carboxylic acids is 3. The summed E-state index contributed by atoms with van der Waals surface area (Å²) in [5.41, 5.74) is 1.32. The van der Waals surface area contributed by atoms with Crippen LogP contribution in [0.4, 0.5) is 11.4 Å². The molecule has 9 heteroatoms. The van der Waals surface area contributed by atoms with Crippen molar-refractivity contribution >= 4 is 52.0 Å². The molecule has 2 aromatic rings. The zero-order valence-electron chi connectivity index (χ0n) is 15.3. The van der Waals surface area contributed by atoms with Gasteiger partial charge in [-0.2, -0.15) is 0 Å². The third-order valence-electron chi connectivity index (χ3n) is 4.26. The first-order valence-electron chi connectivity index (χ1n) is 8.84. The Morgan fingerprint density at radius 2 is 2.18 bits per heavy atom. The average molecular weight is 421 g/mol. The summed E-state index contributed by atoms with van der Waals surface area (Å²) >= 11 is 7.86. The summed E-state index contributed by atoms with van der Waals surface area (Å²) < 4.78 is 0. The van der Waals surface area contributed by atoms with Gasteiger partial charge in [-0.3, -0.25) is 14.4 Å². The number of carbonyl (C=O) groups is 3. The van der Waals surface area contributed by atoms with Crippen molar-refractivity contribution in [1.82, 2.24) is 10.6 Å². The first-order valence-corrected chi connectivity index (χ1v) is 10.1. The van der Waals surface area contributed by atoms with Gasteiger partial charge in [0.15, 0.2) is 0 Å². The third kappa shape index (κ3) is 5.24. The van der Waals surface area contributed by atoms with Gasteiger partial charge in [-0.15, -0.1) is 11.3 Å². The van der Waals surface area contributed by atoms with Gasteiger partial charge in [0.25, 0.3) is 0 Å². The topological polar surface area (TPSA) is 90.5 Å². The minimum absolute atomic E-state index is 0.0442. The van der Waals surface area contributed by atoms with Crippen LogP contribution in [-0.2, 0) is 14.4 Å². The number of rotatable bonds is 6. The van der Waals surface area contributed by atoms with E-state index in [2.05, 4.69) is 16.0 Å². The summed E-state index contributed by atoms with van der Waals surface area (Å²) in [6.45, 7) is 2.93. The fraction of sp³-hybridized carbons (Fsp3) is 0.316. The number of halogens is 1. The van der Waals surface area contributed by atoms with Crippen molar-refractivity contribution < 1.29 is 14.4 Å². The Kier molecular flexibility index (Phi) is 6.53. The Bertz CT molecular complexity index is 872. The van der Waals surface area contributed by atoms with Crippen LogP contribution in [0.1, 0.15) is 24.3 Å². The highest BCUT2D eigenvalue weighted by atomic mass is 35.5. The number of hydrogen-bond acceptors (Lipinski definition) is 5. The minimum Gasteiger partial charge on any atom is -0.359 e. The van der Waals surface area contributed by atoms with Gasteiger partial charge in [0.2, 0.25) is 17.7 Å². The molecule has 3 N–H and O–H groups in total. The van der Waals surface area contributed by atoms with Gasteiger partial charge in [0.1, 0.15) is 0 Å². The molecule has 0 radical (unpaired) electrons. The van der Waals surface area contributed by atoms with Crippen LogP contribution in [0.5, 0.6) is 0 Å². The van der Waals surface area contributed by atoms with Crippen LogP contribution >= 0.6 is 22.9 Å². The lowest BCUT2D eigenvalue weighted by atomic mass is 10.1. The fourth-order valence-corrected chi connectivity index (χ4v) is 4.12. The van der Waals surface area contributed by atoms with Crippen molar-refractivity contribution in [1.29, 1.82) is 0 Å². The van der Waals surface area contributed by atoms with Crippen molar-refractivity contribution in [2.75, 3.05) is 29.9 Å². The maximum absolute atomic E-state index is 12.5. The van der Waals surface area contributed by atoms with Crippen molar-refractivity contribution in [2.24, 2.45) is 0 Å². The second-order valence-corrected chi connectivity index (χ2v) is 7.85. The molecule has 1 atom stereocenters. The first-order chi connectivity index (χ1) is 13.4. The van der Waals surface area contributed by atoms with Gasteiger partial charge >= 0.3 is 0 Å². The van der Waals surface area contributed by atoms with Crippen molar-refractivity contribution in [2.45, 2.75) is 19.4 Å². The second kappa shape index (κ2) is 9.07. The molecule has 1 aromatic carbocycles. The number of nitrogens with zero attached hydrogens (tertiary/aromatic N) is 1. The van der Waals surface area contributed by atoms with Gasteiger partial charge in [-0.05, 0) is 29.6 Å². The highest BCUT2D eigenvalue weighted by Gasteiger charge is 2.20. The van der Waals surface area contributed by atoms with Gasteiger partial charge in [0, 0.05) is 30.6 Å². The molecule has 0 saturated carbocycles. The molecule has 1 saturated heterocycles. The normalized spacial score (nSPS) is 14.9. The number of amides is 3. The Morgan fingerprint density at radius 1 is 1.36 bits per heavy atom. The van der Waals surface area contributed by atoms with Gasteiger partial charge < -0.3 is 20.9 Å². The average Bonchev–Trinajstić information content (AvgIpc) is 3.15. The van der Waals surface area contributed by atoms with Crippen LogP contribution < -0.4 is 20.9 Å². The molecule has 3 rings (SSSR count). The zero-order valence-corrected chi connectivity index (χ0v) is 16.9. The largest absolute Gasteiger partial charge is 0.359 e. The van der Waals surface area contributed by atoms with E-state index in [1.165, 1.54) is 18.3 Å². The fourth-order valence-electron chi connectivity index (χ4n) is 3.04. The Labute approximate surface area is 172 Å². The van der Waals surface area contributed by atoms with Crippen LogP contribution in [0.3, 0.4) is 0 Å². The van der Waals surface area contributed by atoms with Crippen molar-refractivity contribution in [3.8, 4) is 0 Å². The molecule has 7 nitrogen and oxygen atoms in total. The molecule has 0 spiro atoms. The molecule has 0 aliphatic carbocycles. The summed E-state index contributed by atoms with van der Waals surface area (Å²) in [4.78, 5) is 38.3. The molecule has 1 aliphatic rings. The minimum atomic E-state index is -0.376. The van der Waals surface area contributed by atoms with Crippen LogP contribution in [0.15, 0.2) is 35.7 Å². The molecule has 2 heterocycles. The number of anilines is 2. The first kappa shape index (κ1) is 20.2. The van der Waals surface area contributed by atoms with Crippen LogP contribution in [-0.4, -0.2) is 37.4 Å². The van der Waals surface area contributed by atoms with E-state index in [1.54, 1.807) is 18.2 Å². The summed E-state index contributed by atoms with van der Waals surface area (Å²) in [5, 5.41) is 10.8. The SMILES string of the molecule is CC(=O)NC(CC(=O)Nc1ccc(N2CCNC(=O)C2)c(Cl)c1)c1cccs1. The molecular weight excluding hydrogens is 400 g/mol. The van der Waals surface area contributed by atoms with E-state index >= 15 is 0 Å². The maximum Gasteiger partial charge on any atom is 0.239 e. The number of piperazine rings is 1. The van der Waals surface area contributed by atoms with E-state index in [-0.39, 0.29) is 36.7 Å². The molecule has 1 aromatic heterocycles. The number of benzene rings is 1. The van der Waals surface area contributed by atoms with Crippen LogP contribution in [0.25, 0.3) is 0 Å². The molecule has 1 fully saturated rings. The molecule has 28 heavy (non-hydrogen) atoms. The monoisotopic (exact) mass is 420 g/mol. The van der Waals surface area contributed by atoms with Gasteiger partial charge in [0.05, 0.1) is 29.7 Å². The predicted octanol–water partition coefficient (Wildman–Crippen LogP) is 2.54. The number of nitrogens with one attached hydrogen (secondary N) is 3. The van der Waals surface area contributed by atoms with E-state index in [0.717, 1.165) is 10.6 Å². The summed E-state index contributed by atoms with van der Waals surface area (Å²) in [5.74, 6) is -0.463. The quantitative estimate of drug-likeness (QED) is 0.669. The highest BCUT2D eigenvalue weighted by molar-refractivity contribution is 7.10. The highest BCUT2D eigenvalue weighted by Crippen LogP contribution is 2.30. The summed E-state index contributed by atoms with van der Waals surface area (Å²) in [7, 11) is 0.